The first kappa shape index (κ1) is 14.1. The van der Waals surface area contributed by atoms with Crippen LogP contribution in [-0.4, -0.2) is 33.8 Å². The fraction of sp³-hybridized carbons (Fsp3) is 0.714. The van der Waals surface area contributed by atoms with E-state index in [0.29, 0.717) is 5.82 Å². The smallest absolute Gasteiger partial charge is 0.137 e. The summed E-state index contributed by atoms with van der Waals surface area (Å²) in [6, 6.07) is 0. The second-order valence-electron chi connectivity index (χ2n) is 5.66. The lowest BCUT2D eigenvalue weighted by Gasteiger charge is -2.25. The molecule has 1 aromatic heterocycles. The molecule has 1 aliphatic rings. The van der Waals surface area contributed by atoms with Crippen molar-refractivity contribution in [1.82, 2.24) is 9.97 Å². The molecule has 0 aliphatic carbocycles. The lowest BCUT2D eigenvalue weighted by molar-refractivity contribution is 0.0481. The number of aromatic nitrogens is 2. The molecule has 19 heavy (non-hydrogen) atoms. The number of anilines is 2. The van der Waals surface area contributed by atoms with Crippen molar-refractivity contribution in [3.05, 3.63) is 11.4 Å². The van der Waals surface area contributed by atoms with Crippen LogP contribution in [0.4, 0.5) is 11.6 Å². The fourth-order valence-corrected chi connectivity index (χ4v) is 2.51. The van der Waals surface area contributed by atoms with Crippen LogP contribution in [0.25, 0.3) is 0 Å². The normalized spacial score (nSPS) is 24.3. The maximum absolute atomic E-state index is 10.2. The van der Waals surface area contributed by atoms with Crippen molar-refractivity contribution in [3.8, 4) is 0 Å². The molecule has 2 heterocycles. The van der Waals surface area contributed by atoms with Gasteiger partial charge in [0.05, 0.1) is 5.60 Å². The van der Waals surface area contributed by atoms with E-state index < -0.39 is 5.60 Å². The molecule has 1 aromatic rings. The van der Waals surface area contributed by atoms with Crippen LogP contribution in [0.5, 0.6) is 0 Å². The Hall–Kier alpha value is -1.36. The molecule has 5 heteroatoms. The first-order valence-electron chi connectivity index (χ1n) is 7.03. The maximum Gasteiger partial charge on any atom is 0.137 e. The Balaban J connectivity index is 2.28. The topological polar surface area (TPSA) is 75.3 Å². The molecule has 2 rings (SSSR count). The van der Waals surface area contributed by atoms with Crippen molar-refractivity contribution in [1.29, 1.82) is 0 Å². The van der Waals surface area contributed by atoms with Gasteiger partial charge in [-0.1, -0.05) is 6.92 Å². The summed E-state index contributed by atoms with van der Waals surface area (Å²) in [4.78, 5) is 11.1. The molecular formula is C14H24N4O. The number of hydrogen-bond acceptors (Lipinski definition) is 5. The van der Waals surface area contributed by atoms with Crippen LogP contribution < -0.4 is 10.6 Å². The summed E-state index contributed by atoms with van der Waals surface area (Å²) in [6.45, 7) is 7.63. The van der Waals surface area contributed by atoms with Crippen molar-refractivity contribution >= 4 is 11.6 Å². The third-order valence-electron chi connectivity index (χ3n) is 3.88. The molecule has 0 aromatic carbocycles. The van der Waals surface area contributed by atoms with Crippen LogP contribution >= 0.6 is 0 Å². The summed E-state index contributed by atoms with van der Waals surface area (Å²) in [5, 5.41) is 10.2. The highest BCUT2D eigenvalue weighted by Gasteiger charge is 2.26. The highest BCUT2D eigenvalue weighted by atomic mass is 16.3. The standard InChI is InChI=1S/C14H24N4O/c1-4-11-16-12(15)10(2)13(17-11)18-8-5-6-14(3,19)7-9-18/h19H,4-9H2,1-3H3,(H2,15,16,17). The molecule has 0 radical (unpaired) electrons. The number of nitrogens with two attached hydrogens (primary N) is 1. The van der Waals surface area contributed by atoms with Crippen molar-refractivity contribution < 1.29 is 5.11 Å². The summed E-state index contributed by atoms with van der Waals surface area (Å²) in [7, 11) is 0. The largest absolute Gasteiger partial charge is 0.390 e. The predicted octanol–water partition coefficient (Wildman–Crippen LogP) is 1.67. The highest BCUT2D eigenvalue weighted by molar-refractivity contribution is 5.56. The van der Waals surface area contributed by atoms with Gasteiger partial charge in [-0.3, -0.25) is 0 Å². The van der Waals surface area contributed by atoms with Crippen LogP contribution in [0, 0.1) is 6.92 Å². The zero-order chi connectivity index (χ0) is 14.0. The molecule has 1 saturated heterocycles. The number of aryl methyl sites for hydroxylation is 1. The molecule has 5 nitrogen and oxygen atoms in total. The second kappa shape index (κ2) is 5.33. The van der Waals surface area contributed by atoms with Crippen LogP contribution in [-0.2, 0) is 6.42 Å². The van der Waals surface area contributed by atoms with Gasteiger partial charge < -0.3 is 15.7 Å². The van der Waals surface area contributed by atoms with Gasteiger partial charge in [0, 0.05) is 25.1 Å². The molecule has 106 valence electrons. The number of hydrogen-bond donors (Lipinski definition) is 2. The van der Waals surface area contributed by atoms with Gasteiger partial charge in [0.1, 0.15) is 17.5 Å². The van der Waals surface area contributed by atoms with Gasteiger partial charge in [-0.05, 0) is 33.1 Å². The van der Waals surface area contributed by atoms with E-state index in [2.05, 4.69) is 14.9 Å². The van der Waals surface area contributed by atoms with E-state index in [1.165, 1.54) is 0 Å². The monoisotopic (exact) mass is 264 g/mol. The van der Waals surface area contributed by atoms with Crippen molar-refractivity contribution in [2.24, 2.45) is 0 Å². The number of aliphatic hydroxyl groups is 1. The molecule has 0 bridgehead atoms. The van der Waals surface area contributed by atoms with E-state index in [4.69, 9.17) is 5.73 Å². The van der Waals surface area contributed by atoms with Gasteiger partial charge in [-0.25, -0.2) is 9.97 Å². The van der Waals surface area contributed by atoms with Gasteiger partial charge >= 0.3 is 0 Å². The molecule has 1 atom stereocenters. The van der Waals surface area contributed by atoms with Crippen LogP contribution in [0.1, 0.15) is 44.5 Å². The lowest BCUT2D eigenvalue weighted by atomic mass is 9.98. The summed E-state index contributed by atoms with van der Waals surface area (Å²) in [5.74, 6) is 2.29. The van der Waals surface area contributed by atoms with Crippen LogP contribution in [0.3, 0.4) is 0 Å². The third-order valence-corrected chi connectivity index (χ3v) is 3.88. The average molecular weight is 264 g/mol. The molecule has 1 fully saturated rings. The molecule has 1 unspecified atom stereocenters. The zero-order valence-electron chi connectivity index (χ0n) is 12.1. The van der Waals surface area contributed by atoms with Gasteiger partial charge in [0.25, 0.3) is 0 Å². The van der Waals surface area contributed by atoms with Crippen LogP contribution in [0.2, 0.25) is 0 Å². The maximum atomic E-state index is 10.2. The van der Waals surface area contributed by atoms with E-state index in [1.807, 2.05) is 20.8 Å². The predicted molar refractivity (Wildman–Crippen MR) is 77.2 cm³/mol. The number of nitrogen functional groups attached to an aromatic ring is 1. The van der Waals surface area contributed by atoms with Crippen molar-refractivity contribution in [2.75, 3.05) is 23.7 Å². The number of nitrogens with zero attached hydrogens (tertiary/aromatic N) is 3. The fourth-order valence-electron chi connectivity index (χ4n) is 2.51. The van der Waals surface area contributed by atoms with Gasteiger partial charge in [0.2, 0.25) is 0 Å². The summed E-state index contributed by atoms with van der Waals surface area (Å²) in [5.41, 5.74) is 6.35. The summed E-state index contributed by atoms with van der Waals surface area (Å²) >= 11 is 0. The molecule has 1 aliphatic heterocycles. The van der Waals surface area contributed by atoms with E-state index in [-0.39, 0.29) is 0 Å². The Bertz CT molecular complexity index is 459. The Labute approximate surface area is 114 Å². The van der Waals surface area contributed by atoms with E-state index in [1.54, 1.807) is 0 Å². The molecule has 0 saturated carbocycles. The average Bonchev–Trinajstić information content (AvgIpc) is 2.53. The minimum atomic E-state index is -0.561. The first-order valence-corrected chi connectivity index (χ1v) is 7.03. The molecule has 3 N–H and O–H groups in total. The Morgan fingerprint density at radius 2 is 2.05 bits per heavy atom. The van der Waals surface area contributed by atoms with E-state index in [0.717, 1.165) is 56.0 Å². The quantitative estimate of drug-likeness (QED) is 0.850. The summed E-state index contributed by atoms with van der Waals surface area (Å²) in [6.07, 6.45) is 3.35. The highest BCUT2D eigenvalue weighted by Crippen LogP contribution is 2.27. The third kappa shape index (κ3) is 3.15. The minimum absolute atomic E-state index is 0.561. The van der Waals surface area contributed by atoms with Gasteiger partial charge in [-0.15, -0.1) is 0 Å². The second-order valence-corrected chi connectivity index (χ2v) is 5.66. The van der Waals surface area contributed by atoms with Crippen LogP contribution in [0.15, 0.2) is 0 Å². The SMILES string of the molecule is CCc1nc(N)c(C)c(N2CCCC(C)(O)CC2)n1. The Morgan fingerprint density at radius 3 is 2.74 bits per heavy atom. The number of rotatable bonds is 2. The Kier molecular flexibility index (Phi) is 3.94. The van der Waals surface area contributed by atoms with Gasteiger partial charge in [0.15, 0.2) is 0 Å². The molecular weight excluding hydrogens is 240 g/mol. The minimum Gasteiger partial charge on any atom is -0.390 e. The van der Waals surface area contributed by atoms with Crippen molar-refractivity contribution in [2.45, 2.75) is 52.1 Å². The summed E-state index contributed by atoms with van der Waals surface area (Å²) < 4.78 is 0. The zero-order valence-corrected chi connectivity index (χ0v) is 12.1. The van der Waals surface area contributed by atoms with E-state index in [9.17, 15) is 5.11 Å². The molecule has 0 spiro atoms. The molecule has 0 amide bonds. The Morgan fingerprint density at radius 1 is 1.32 bits per heavy atom. The lowest BCUT2D eigenvalue weighted by Crippen LogP contribution is -2.29. The first-order chi connectivity index (χ1) is 8.93. The van der Waals surface area contributed by atoms with Gasteiger partial charge in [-0.2, -0.15) is 0 Å². The van der Waals surface area contributed by atoms with Crippen molar-refractivity contribution in [3.63, 3.8) is 0 Å². The van der Waals surface area contributed by atoms with E-state index >= 15 is 0 Å².